The summed E-state index contributed by atoms with van der Waals surface area (Å²) in [6, 6.07) is 26.7. The van der Waals surface area contributed by atoms with Gasteiger partial charge in [0, 0.05) is 41.0 Å². The molecule has 0 amide bonds. The lowest BCUT2D eigenvalue weighted by molar-refractivity contribution is 0.0785. The standard InChI is InChI=1S/C26H26Cl2N2O/c1-2-23-24(29-31)16-25(19-8-12-21(27)13-9-19)30(17-18-6-4-3-5-7-18)26(23)20-10-14-22(28)15-11-20/h3-15,23,25-26,31H,2,16-17H2,1H3. The van der Waals surface area contributed by atoms with Gasteiger partial charge in [0.15, 0.2) is 0 Å². The van der Waals surface area contributed by atoms with Crippen molar-refractivity contribution < 1.29 is 5.21 Å². The topological polar surface area (TPSA) is 35.8 Å². The van der Waals surface area contributed by atoms with Gasteiger partial charge >= 0.3 is 0 Å². The third kappa shape index (κ3) is 4.79. The molecule has 3 aromatic carbocycles. The Balaban J connectivity index is 1.84. The van der Waals surface area contributed by atoms with Gasteiger partial charge in [-0.2, -0.15) is 0 Å². The highest BCUT2D eigenvalue weighted by Gasteiger charge is 2.42. The molecule has 1 heterocycles. The van der Waals surface area contributed by atoms with Gasteiger partial charge in [-0.3, -0.25) is 4.90 Å². The second-order valence-electron chi connectivity index (χ2n) is 8.03. The SMILES string of the molecule is CCC1C(=NO)CC(c2ccc(Cl)cc2)N(Cc2ccccc2)C1c1ccc(Cl)cc1. The highest BCUT2D eigenvalue weighted by atomic mass is 35.5. The number of nitrogens with zero attached hydrogens (tertiary/aromatic N) is 2. The van der Waals surface area contributed by atoms with E-state index in [1.165, 1.54) is 11.1 Å². The molecular formula is C26H26Cl2N2O. The van der Waals surface area contributed by atoms with Crippen LogP contribution in [0, 0.1) is 5.92 Å². The Labute approximate surface area is 193 Å². The van der Waals surface area contributed by atoms with E-state index in [2.05, 4.69) is 65.5 Å². The number of hydrogen-bond donors (Lipinski definition) is 1. The Morgan fingerprint density at radius 3 is 2.00 bits per heavy atom. The van der Waals surface area contributed by atoms with Crippen LogP contribution in [0.5, 0.6) is 0 Å². The van der Waals surface area contributed by atoms with E-state index in [-0.39, 0.29) is 18.0 Å². The summed E-state index contributed by atoms with van der Waals surface area (Å²) in [6.45, 7) is 2.94. The van der Waals surface area contributed by atoms with Gasteiger partial charge in [-0.15, -0.1) is 0 Å². The van der Waals surface area contributed by atoms with Crippen LogP contribution in [0.1, 0.15) is 48.5 Å². The van der Waals surface area contributed by atoms with Gasteiger partial charge in [-0.25, -0.2) is 0 Å². The normalized spacial score (nSPS) is 23.2. The molecule has 0 saturated carbocycles. The van der Waals surface area contributed by atoms with Gasteiger partial charge in [0.25, 0.3) is 0 Å². The minimum absolute atomic E-state index is 0.0581. The molecule has 3 unspecified atom stereocenters. The first-order chi connectivity index (χ1) is 15.1. The van der Waals surface area contributed by atoms with Crippen LogP contribution >= 0.6 is 23.2 Å². The Morgan fingerprint density at radius 2 is 1.45 bits per heavy atom. The van der Waals surface area contributed by atoms with Crippen molar-refractivity contribution in [2.24, 2.45) is 11.1 Å². The van der Waals surface area contributed by atoms with Crippen LogP contribution in [-0.2, 0) is 6.54 Å². The van der Waals surface area contributed by atoms with Crippen LogP contribution in [0.3, 0.4) is 0 Å². The molecule has 1 fully saturated rings. The molecule has 1 aliphatic heterocycles. The molecule has 1 saturated heterocycles. The third-order valence-electron chi connectivity index (χ3n) is 6.21. The molecule has 0 aliphatic carbocycles. The van der Waals surface area contributed by atoms with Crippen molar-refractivity contribution in [2.75, 3.05) is 0 Å². The van der Waals surface area contributed by atoms with E-state index in [0.29, 0.717) is 16.5 Å². The summed E-state index contributed by atoms with van der Waals surface area (Å²) in [6.07, 6.45) is 1.55. The van der Waals surface area contributed by atoms with Crippen LogP contribution in [-0.4, -0.2) is 15.8 Å². The first kappa shape index (κ1) is 21.9. The molecule has 3 aromatic rings. The quantitative estimate of drug-likeness (QED) is 0.320. The Kier molecular flexibility index (Phi) is 6.96. The minimum Gasteiger partial charge on any atom is -0.411 e. The summed E-state index contributed by atoms with van der Waals surface area (Å²) in [5.41, 5.74) is 4.42. The maximum atomic E-state index is 9.91. The van der Waals surface area contributed by atoms with Gasteiger partial charge in [0.1, 0.15) is 0 Å². The van der Waals surface area contributed by atoms with E-state index in [4.69, 9.17) is 23.2 Å². The lowest BCUT2D eigenvalue weighted by atomic mass is 9.77. The van der Waals surface area contributed by atoms with Crippen molar-refractivity contribution in [3.8, 4) is 0 Å². The second-order valence-corrected chi connectivity index (χ2v) is 8.90. The lowest BCUT2D eigenvalue weighted by Crippen LogP contribution is -2.45. The highest BCUT2D eigenvalue weighted by molar-refractivity contribution is 6.30. The van der Waals surface area contributed by atoms with Crippen LogP contribution in [0.4, 0.5) is 0 Å². The number of halogens is 2. The number of benzene rings is 3. The van der Waals surface area contributed by atoms with E-state index >= 15 is 0 Å². The molecule has 3 nitrogen and oxygen atoms in total. The molecule has 1 aliphatic rings. The minimum atomic E-state index is 0.0581. The van der Waals surface area contributed by atoms with E-state index < -0.39 is 0 Å². The molecule has 3 atom stereocenters. The molecule has 0 bridgehead atoms. The van der Waals surface area contributed by atoms with Crippen molar-refractivity contribution in [1.82, 2.24) is 4.90 Å². The number of hydrogen-bond acceptors (Lipinski definition) is 3. The summed E-state index contributed by atoms with van der Waals surface area (Å²) in [5.74, 6) is 0.110. The van der Waals surface area contributed by atoms with E-state index in [1.807, 2.05) is 30.3 Å². The van der Waals surface area contributed by atoms with Gasteiger partial charge in [0.05, 0.1) is 5.71 Å². The Hall–Kier alpha value is -2.33. The molecular weight excluding hydrogens is 427 g/mol. The summed E-state index contributed by atoms with van der Waals surface area (Å²) in [4.78, 5) is 2.53. The second kappa shape index (κ2) is 9.86. The van der Waals surface area contributed by atoms with Gasteiger partial charge in [0.2, 0.25) is 0 Å². The molecule has 0 radical (unpaired) electrons. The zero-order valence-electron chi connectivity index (χ0n) is 17.5. The van der Waals surface area contributed by atoms with Crippen LogP contribution in [0.2, 0.25) is 10.0 Å². The average Bonchev–Trinajstić information content (AvgIpc) is 2.80. The maximum Gasteiger partial charge on any atom is 0.0639 e. The average molecular weight is 453 g/mol. The fourth-order valence-corrected chi connectivity index (χ4v) is 4.98. The van der Waals surface area contributed by atoms with E-state index in [0.717, 1.165) is 24.2 Å². The zero-order chi connectivity index (χ0) is 21.8. The van der Waals surface area contributed by atoms with Crippen LogP contribution in [0.25, 0.3) is 0 Å². The largest absolute Gasteiger partial charge is 0.411 e. The number of piperidine rings is 1. The number of likely N-dealkylation sites (tertiary alicyclic amines) is 1. The van der Waals surface area contributed by atoms with Gasteiger partial charge in [-0.1, -0.05) is 89.9 Å². The Morgan fingerprint density at radius 1 is 0.871 bits per heavy atom. The van der Waals surface area contributed by atoms with Gasteiger partial charge in [-0.05, 0) is 47.4 Å². The van der Waals surface area contributed by atoms with Crippen molar-refractivity contribution in [3.63, 3.8) is 0 Å². The van der Waals surface area contributed by atoms with Gasteiger partial charge < -0.3 is 5.21 Å². The molecule has 160 valence electrons. The monoisotopic (exact) mass is 452 g/mol. The number of rotatable bonds is 5. The molecule has 4 rings (SSSR count). The van der Waals surface area contributed by atoms with E-state index in [9.17, 15) is 5.21 Å². The summed E-state index contributed by atoms with van der Waals surface area (Å²) < 4.78 is 0. The number of oxime groups is 1. The maximum absolute atomic E-state index is 9.91. The Bertz CT molecular complexity index is 1020. The fourth-order valence-electron chi connectivity index (χ4n) is 4.73. The summed E-state index contributed by atoms with van der Waals surface area (Å²) in [7, 11) is 0. The summed E-state index contributed by atoms with van der Waals surface area (Å²) >= 11 is 12.4. The van der Waals surface area contributed by atoms with Crippen LogP contribution in [0.15, 0.2) is 84.0 Å². The smallest absolute Gasteiger partial charge is 0.0639 e. The zero-order valence-corrected chi connectivity index (χ0v) is 19.0. The first-order valence-electron chi connectivity index (χ1n) is 10.6. The molecule has 0 spiro atoms. The lowest BCUT2D eigenvalue weighted by Gasteiger charge is -2.47. The van der Waals surface area contributed by atoms with E-state index in [1.54, 1.807) is 0 Å². The fraction of sp³-hybridized carbons (Fsp3) is 0.269. The summed E-state index contributed by atoms with van der Waals surface area (Å²) in [5, 5.41) is 15.1. The highest BCUT2D eigenvalue weighted by Crippen LogP contribution is 2.46. The molecule has 0 aromatic heterocycles. The molecule has 31 heavy (non-hydrogen) atoms. The third-order valence-corrected chi connectivity index (χ3v) is 6.72. The van der Waals surface area contributed by atoms with Crippen molar-refractivity contribution in [1.29, 1.82) is 0 Å². The van der Waals surface area contributed by atoms with Crippen molar-refractivity contribution in [2.45, 2.75) is 38.4 Å². The van der Waals surface area contributed by atoms with Crippen LogP contribution < -0.4 is 0 Å². The predicted molar refractivity (Wildman–Crippen MR) is 128 cm³/mol. The predicted octanol–water partition coefficient (Wildman–Crippen LogP) is 7.54. The molecule has 1 N–H and O–H groups in total. The van der Waals surface area contributed by atoms with Crippen molar-refractivity contribution in [3.05, 3.63) is 106 Å². The molecule has 5 heteroatoms. The first-order valence-corrected chi connectivity index (χ1v) is 11.4. The van der Waals surface area contributed by atoms with Crippen molar-refractivity contribution >= 4 is 28.9 Å².